The minimum absolute atomic E-state index is 0.213. The van der Waals surface area contributed by atoms with E-state index in [1.54, 1.807) is 12.3 Å². The van der Waals surface area contributed by atoms with Gasteiger partial charge in [0.2, 0.25) is 0 Å². The Morgan fingerprint density at radius 3 is 2.68 bits per heavy atom. The molecule has 0 radical (unpaired) electrons. The molecule has 19 heavy (non-hydrogen) atoms. The summed E-state index contributed by atoms with van der Waals surface area (Å²) in [7, 11) is 0. The maximum Gasteiger partial charge on any atom is 0.135 e. The van der Waals surface area contributed by atoms with E-state index in [2.05, 4.69) is 15.0 Å². The quantitative estimate of drug-likeness (QED) is 0.671. The number of fused-ring (bicyclic) bond motifs is 1. The van der Waals surface area contributed by atoms with E-state index in [1.807, 2.05) is 6.92 Å². The van der Waals surface area contributed by atoms with Crippen LogP contribution in [0.2, 0.25) is 0 Å². The normalized spacial score (nSPS) is 10.9. The van der Waals surface area contributed by atoms with Crippen molar-refractivity contribution in [2.45, 2.75) is 6.92 Å². The van der Waals surface area contributed by atoms with E-state index in [1.165, 1.54) is 18.3 Å². The van der Waals surface area contributed by atoms with Gasteiger partial charge in [-0.1, -0.05) is 0 Å². The zero-order valence-electron chi connectivity index (χ0n) is 10.1. The van der Waals surface area contributed by atoms with Crippen molar-refractivity contribution in [3.63, 3.8) is 0 Å². The van der Waals surface area contributed by atoms with Crippen LogP contribution in [0.15, 0.2) is 36.7 Å². The van der Waals surface area contributed by atoms with Crippen LogP contribution in [0.5, 0.6) is 0 Å². The van der Waals surface area contributed by atoms with E-state index in [9.17, 15) is 8.78 Å². The van der Waals surface area contributed by atoms with Crippen LogP contribution >= 0.6 is 0 Å². The fourth-order valence-corrected chi connectivity index (χ4v) is 1.92. The Hall–Kier alpha value is -2.43. The number of nitrogens with zero attached hydrogens (tertiary/aromatic N) is 3. The molecule has 1 aromatic carbocycles. The molecule has 0 aliphatic rings. The lowest BCUT2D eigenvalue weighted by molar-refractivity contribution is 0.585. The number of aryl methyl sites for hydroxylation is 1. The second-order valence-corrected chi connectivity index (χ2v) is 4.16. The Balaban J connectivity index is 2.30. The zero-order valence-corrected chi connectivity index (χ0v) is 10.1. The Morgan fingerprint density at radius 2 is 1.89 bits per heavy atom. The summed E-state index contributed by atoms with van der Waals surface area (Å²) in [4.78, 5) is 12.7. The zero-order chi connectivity index (χ0) is 13.4. The molecule has 2 heterocycles. The summed E-state index contributed by atoms with van der Waals surface area (Å²) >= 11 is 0. The number of rotatable bonds is 1. The van der Waals surface area contributed by atoms with Crippen molar-refractivity contribution in [1.82, 2.24) is 15.0 Å². The summed E-state index contributed by atoms with van der Waals surface area (Å²) in [6, 6.07) is 5.09. The van der Waals surface area contributed by atoms with E-state index in [0.29, 0.717) is 16.7 Å². The van der Waals surface area contributed by atoms with Crippen molar-refractivity contribution in [1.29, 1.82) is 0 Å². The Labute approximate surface area is 108 Å². The predicted molar refractivity (Wildman–Crippen MR) is 67.4 cm³/mol. The van der Waals surface area contributed by atoms with Gasteiger partial charge >= 0.3 is 0 Å². The lowest BCUT2D eigenvalue weighted by Crippen LogP contribution is -1.95. The summed E-state index contributed by atoms with van der Waals surface area (Å²) < 4.78 is 26.8. The Kier molecular flexibility index (Phi) is 2.67. The minimum Gasteiger partial charge on any atom is -0.254 e. The highest BCUT2D eigenvalue weighted by Gasteiger charge is 2.12. The molecule has 0 saturated heterocycles. The molecule has 0 atom stereocenters. The van der Waals surface area contributed by atoms with Gasteiger partial charge in [-0.3, -0.25) is 9.97 Å². The molecule has 0 N–H and O–H groups in total. The molecule has 0 unspecified atom stereocenters. The first-order valence-corrected chi connectivity index (χ1v) is 5.69. The average Bonchev–Trinajstić information content (AvgIpc) is 2.38. The summed E-state index contributed by atoms with van der Waals surface area (Å²) in [6.45, 7) is 1.82. The number of halogens is 2. The van der Waals surface area contributed by atoms with Crippen molar-refractivity contribution in [2.75, 3.05) is 0 Å². The van der Waals surface area contributed by atoms with Crippen LogP contribution in [-0.2, 0) is 0 Å². The Bertz CT molecular complexity index is 772. The van der Waals surface area contributed by atoms with Crippen molar-refractivity contribution < 1.29 is 8.78 Å². The van der Waals surface area contributed by atoms with Gasteiger partial charge in [0.25, 0.3) is 0 Å². The molecule has 3 nitrogen and oxygen atoms in total. The largest absolute Gasteiger partial charge is 0.254 e. The highest BCUT2D eigenvalue weighted by Crippen LogP contribution is 2.26. The third-order valence-corrected chi connectivity index (χ3v) is 2.77. The lowest BCUT2D eigenvalue weighted by atomic mass is 10.1. The molecule has 0 bridgehead atoms. The molecule has 3 rings (SSSR count). The minimum atomic E-state index is -0.664. The van der Waals surface area contributed by atoms with Crippen molar-refractivity contribution in [3.8, 4) is 11.3 Å². The van der Waals surface area contributed by atoms with Crippen molar-refractivity contribution in [2.24, 2.45) is 0 Å². The van der Waals surface area contributed by atoms with Gasteiger partial charge in [-0.15, -0.1) is 0 Å². The second-order valence-electron chi connectivity index (χ2n) is 4.16. The molecule has 94 valence electrons. The van der Waals surface area contributed by atoms with Gasteiger partial charge in [0.1, 0.15) is 22.8 Å². The summed E-state index contributed by atoms with van der Waals surface area (Å²) in [5, 5.41) is 0. The average molecular weight is 257 g/mol. The number of aromatic nitrogens is 3. The molecule has 2 aromatic heterocycles. The van der Waals surface area contributed by atoms with Crippen LogP contribution < -0.4 is 0 Å². The fraction of sp³-hybridized carbons (Fsp3) is 0.0714. The summed E-state index contributed by atoms with van der Waals surface area (Å²) in [5.41, 5.74) is 2.48. The third kappa shape index (κ3) is 2.03. The molecule has 5 heteroatoms. The monoisotopic (exact) mass is 257 g/mol. The fourth-order valence-electron chi connectivity index (χ4n) is 1.92. The van der Waals surface area contributed by atoms with E-state index >= 15 is 0 Å². The third-order valence-electron chi connectivity index (χ3n) is 2.77. The van der Waals surface area contributed by atoms with Crippen LogP contribution in [0, 0.1) is 18.6 Å². The van der Waals surface area contributed by atoms with E-state index in [4.69, 9.17) is 0 Å². The Morgan fingerprint density at radius 1 is 1.05 bits per heavy atom. The van der Waals surface area contributed by atoms with Crippen molar-refractivity contribution >= 4 is 11.0 Å². The second kappa shape index (κ2) is 4.35. The number of hydrogen-bond donors (Lipinski definition) is 0. The van der Waals surface area contributed by atoms with Gasteiger partial charge in [-0.2, -0.15) is 0 Å². The molecule has 0 aliphatic carbocycles. The van der Waals surface area contributed by atoms with E-state index < -0.39 is 11.6 Å². The molecule has 0 amide bonds. The van der Waals surface area contributed by atoms with Gasteiger partial charge in [-0.05, 0) is 25.1 Å². The molecule has 0 aliphatic heterocycles. The smallest absolute Gasteiger partial charge is 0.135 e. The first-order chi connectivity index (χ1) is 9.15. The molecule has 3 aromatic rings. The van der Waals surface area contributed by atoms with Crippen LogP contribution in [0.3, 0.4) is 0 Å². The van der Waals surface area contributed by atoms with E-state index in [0.717, 1.165) is 11.8 Å². The summed E-state index contributed by atoms with van der Waals surface area (Å²) in [5.74, 6) is -1.29. The van der Waals surface area contributed by atoms with Crippen LogP contribution in [0.25, 0.3) is 22.3 Å². The molecule has 0 fully saturated rings. The maximum absolute atomic E-state index is 13.8. The van der Waals surface area contributed by atoms with Crippen LogP contribution in [0.1, 0.15) is 5.69 Å². The van der Waals surface area contributed by atoms with Gasteiger partial charge in [0.05, 0.1) is 11.2 Å². The summed E-state index contributed by atoms with van der Waals surface area (Å²) in [6.07, 6.45) is 3.13. The van der Waals surface area contributed by atoms with E-state index in [-0.39, 0.29) is 5.56 Å². The molecule has 0 saturated carbocycles. The van der Waals surface area contributed by atoms with Crippen molar-refractivity contribution in [3.05, 3.63) is 54.0 Å². The first-order valence-electron chi connectivity index (χ1n) is 5.69. The molecular weight excluding hydrogens is 248 g/mol. The van der Waals surface area contributed by atoms with Gasteiger partial charge in [0.15, 0.2) is 0 Å². The topological polar surface area (TPSA) is 38.7 Å². The predicted octanol–water partition coefficient (Wildman–Crippen LogP) is 3.28. The maximum atomic E-state index is 13.8. The van der Waals surface area contributed by atoms with Gasteiger partial charge in [0, 0.05) is 24.0 Å². The number of hydrogen-bond acceptors (Lipinski definition) is 3. The highest BCUT2D eigenvalue weighted by atomic mass is 19.1. The van der Waals surface area contributed by atoms with Crippen LogP contribution in [-0.4, -0.2) is 15.0 Å². The standard InChI is InChI=1S/C14H9F2N3/c1-8-7-18-14-12(19-8)4-5-17-13(14)10-3-2-9(15)6-11(10)16/h2-7H,1H3. The lowest BCUT2D eigenvalue weighted by Gasteiger charge is -2.06. The highest BCUT2D eigenvalue weighted by molar-refractivity contribution is 5.88. The molecular formula is C14H9F2N3. The molecule has 0 spiro atoms. The van der Waals surface area contributed by atoms with Gasteiger partial charge < -0.3 is 0 Å². The first kappa shape index (κ1) is 11.6. The number of pyridine rings is 1. The van der Waals surface area contributed by atoms with Gasteiger partial charge in [-0.25, -0.2) is 13.8 Å². The van der Waals surface area contributed by atoms with Crippen LogP contribution in [0.4, 0.5) is 8.78 Å². The number of benzene rings is 1. The SMILES string of the molecule is Cc1cnc2c(-c3ccc(F)cc3F)nccc2n1.